The second kappa shape index (κ2) is 6.56. The third-order valence-electron chi connectivity index (χ3n) is 1.58. The quantitative estimate of drug-likeness (QED) is 0.271. The maximum atomic E-state index is 10.2. The van der Waals surface area contributed by atoms with Crippen molar-refractivity contribution < 1.29 is 9.59 Å². The van der Waals surface area contributed by atoms with Crippen molar-refractivity contribution in [2.75, 3.05) is 0 Å². The van der Waals surface area contributed by atoms with Gasteiger partial charge in [0.05, 0.1) is 0 Å². The Morgan fingerprint density at radius 1 is 1.42 bits per heavy atom. The molecule has 0 aliphatic carbocycles. The highest BCUT2D eigenvalue weighted by molar-refractivity contribution is 5.71. The van der Waals surface area contributed by atoms with Crippen LogP contribution >= 0.6 is 0 Å². The molecule has 66 valence electrons. The largest absolute Gasteiger partial charge is 0.298 e. The standard InChI is InChI=1S/C10H14O2/c1-9(7-11)5-3-4-6-10(2)8-12/h5,7H,3-4,6H2,1-2H3. The van der Waals surface area contributed by atoms with Gasteiger partial charge in [0.15, 0.2) is 0 Å². The van der Waals surface area contributed by atoms with E-state index in [4.69, 9.17) is 0 Å². The molecule has 0 saturated carbocycles. The van der Waals surface area contributed by atoms with Crippen LogP contribution in [0.1, 0.15) is 33.1 Å². The molecule has 0 aliphatic rings. The highest BCUT2D eigenvalue weighted by Gasteiger charge is 1.90. The minimum atomic E-state index is 0.743. The van der Waals surface area contributed by atoms with E-state index in [0.29, 0.717) is 0 Å². The van der Waals surface area contributed by atoms with E-state index < -0.39 is 0 Å². The highest BCUT2D eigenvalue weighted by Crippen LogP contribution is 2.04. The van der Waals surface area contributed by atoms with Gasteiger partial charge in [-0.1, -0.05) is 6.08 Å². The first-order valence-corrected chi connectivity index (χ1v) is 4.03. The molecule has 0 amide bonds. The predicted molar refractivity (Wildman–Crippen MR) is 48.6 cm³/mol. The molecule has 0 atom stereocenters. The van der Waals surface area contributed by atoms with Crippen LogP contribution in [0.4, 0.5) is 0 Å². The maximum Gasteiger partial charge on any atom is 0.145 e. The lowest BCUT2D eigenvalue weighted by Gasteiger charge is -1.93. The number of rotatable bonds is 5. The summed E-state index contributed by atoms with van der Waals surface area (Å²) < 4.78 is 0. The Hall–Kier alpha value is -1.14. The van der Waals surface area contributed by atoms with Gasteiger partial charge < -0.3 is 0 Å². The summed E-state index contributed by atoms with van der Waals surface area (Å²) in [5.74, 6) is 1.84. The molecule has 0 heterocycles. The molecule has 0 aromatic heterocycles. The van der Waals surface area contributed by atoms with Crippen LogP contribution in [-0.2, 0) is 9.59 Å². The van der Waals surface area contributed by atoms with Crippen molar-refractivity contribution in [3.63, 3.8) is 0 Å². The molecule has 0 bridgehead atoms. The lowest BCUT2D eigenvalue weighted by molar-refractivity contribution is -0.104. The van der Waals surface area contributed by atoms with E-state index in [0.717, 1.165) is 36.7 Å². The van der Waals surface area contributed by atoms with Gasteiger partial charge in [-0.15, -0.1) is 0 Å². The van der Waals surface area contributed by atoms with Gasteiger partial charge >= 0.3 is 0 Å². The van der Waals surface area contributed by atoms with E-state index in [-0.39, 0.29) is 0 Å². The van der Waals surface area contributed by atoms with Gasteiger partial charge in [-0.05, 0) is 38.7 Å². The fourth-order valence-corrected chi connectivity index (χ4v) is 0.796. The summed E-state index contributed by atoms with van der Waals surface area (Å²) in [6.07, 6.45) is 5.25. The Morgan fingerprint density at radius 3 is 2.58 bits per heavy atom. The molecule has 0 aromatic carbocycles. The molecule has 0 radical (unpaired) electrons. The normalized spacial score (nSPS) is 10.7. The Labute approximate surface area is 73.0 Å². The molecule has 0 rings (SSSR count). The van der Waals surface area contributed by atoms with E-state index in [1.807, 2.05) is 12.0 Å². The fraction of sp³-hybridized carbons (Fsp3) is 0.500. The van der Waals surface area contributed by atoms with E-state index >= 15 is 0 Å². The van der Waals surface area contributed by atoms with Gasteiger partial charge in [-0.3, -0.25) is 4.79 Å². The zero-order valence-corrected chi connectivity index (χ0v) is 7.59. The van der Waals surface area contributed by atoms with E-state index in [1.165, 1.54) is 0 Å². The molecule has 0 spiro atoms. The lowest BCUT2D eigenvalue weighted by Crippen LogP contribution is -1.80. The van der Waals surface area contributed by atoms with Crippen molar-refractivity contribution in [3.05, 3.63) is 17.2 Å². The number of carbonyl (C=O) groups is 1. The lowest BCUT2D eigenvalue weighted by atomic mass is 10.1. The van der Waals surface area contributed by atoms with Gasteiger partial charge in [0, 0.05) is 5.57 Å². The topological polar surface area (TPSA) is 34.1 Å². The molecule has 0 aromatic rings. The summed E-state index contributed by atoms with van der Waals surface area (Å²) in [6, 6.07) is 0. The molecule has 0 aliphatic heterocycles. The minimum absolute atomic E-state index is 0.743. The molecular formula is C10H14O2. The van der Waals surface area contributed by atoms with Crippen LogP contribution in [0.3, 0.4) is 0 Å². The second-order valence-electron chi connectivity index (χ2n) is 2.84. The SMILES string of the molecule is CC(=C=O)CCCC=C(C)C=O. The smallest absolute Gasteiger partial charge is 0.145 e. The summed E-state index contributed by atoms with van der Waals surface area (Å²) in [7, 11) is 0. The van der Waals surface area contributed by atoms with Gasteiger partial charge in [-0.2, -0.15) is 0 Å². The van der Waals surface area contributed by atoms with Crippen LogP contribution in [-0.4, -0.2) is 12.2 Å². The predicted octanol–water partition coefficient (Wildman–Crippen LogP) is 2.08. The molecular weight excluding hydrogens is 152 g/mol. The zero-order chi connectivity index (χ0) is 9.40. The summed E-state index contributed by atoms with van der Waals surface area (Å²) in [4.78, 5) is 20.2. The Kier molecular flexibility index (Phi) is 5.94. The van der Waals surface area contributed by atoms with Crippen LogP contribution < -0.4 is 0 Å². The third kappa shape index (κ3) is 5.63. The summed E-state index contributed by atoms with van der Waals surface area (Å²) in [6.45, 7) is 3.54. The Bertz CT molecular complexity index is 220. The van der Waals surface area contributed by atoms with Gasteiger partial charge in [0.1, 0.15) is 12.2 Å². The van der Waals surface area contributed by atoms with Crippen molar-refractivity contribution in [1.82, 2.24) is 0 Å². The molecule has 12 heavy (non-hydrogen) atoms. The first-order chi connectivity index (χ1) is 5.70. The fourth-order valence-electron chi connectivity index (χ4n) is 0.796. The third-order valence-corrected chi connectivity index (χ3v) is 1.58. The van der Waals surface area contributed by atoms with E-state index in [2.05, 4.69) is 0 Å². The van der Waals surface area contributed by atoms with Crippen molar-refractivity contribution >= 4 is 12.2 Å². The molecule has 2 nitrogen and oxygen atoms in total. The van der Waals surface area contributed by atoms with E-state index in [1.54, 1.807) is 13.8 Å². The van der Waals surface area contributed by atoms with E-state index in [9.17, 15) is 9.59 Å². The highest BCUT2D eigenvalue weighted by atomic mass is 16.1. The van der Waals surface area contributed by atoms with Crippen molar-refractivity contribution in [3.8, 4) is 0 Å². The number of unbranched alkanes of at least 4 members (excludes halogenated alkanes) is 1. The Balaban J connectivity index is 3.58. The summed E-state index contributed by atoms with van der Waals surface area (Å²) >= 11 is 0. The number of carbonyl (C=O) groups excluding carboxylic acids is 2. The first kappa shape index (κ1) is 10.9. The second-order valence-corrected chi connectivity index (χ2v) is 2.84. The molecule has 0 unspecified atom stereocenters. The molecule has 2 heteroatoms. The molecule has 0 N–H and O–H groups in total. The number of allylic oxidation sites excluding steroid dienone is 3. The average molecular weight is 166 g/mol. The Morgan fingerprint density at radius 2 is 2.08 bits per heavy atom. The van der Waals surface area contributed by atoms with Gasteiger partial charge in [0.2, 0.25) is 0 Å². The molecule has 0 saturated heterocycles. The monoisotopic (exact) mass is 166 g/mol. The van der Waals surface area contributed by atoms with Crippen molar-refractivity contribution in [2.24, 2.45) is 0 Å². The van der Waals surface area contributed by atoms with Gasteiger partial charge in [0.25, 0.3) is 0 Å². The number of hydrogen-bond acceptors (Lipinski definition) is 2. The maximum absolute atomic E-state index is 10.2. The average Bonchev–Trinajstić information content (AvgIpc) is 2.11. The summed E-state index contributed by atoms with van der Waals surface area (Å²) in [5.41, 5.74) is 1.50. The summed E-state index contributed by atoms with van der Waals surface area (Å²) in [5, 5.41) is 0. The first-order valence-electron chi connectivity index (χ1n) is 4.03. The van der Waals surface area contributed by atoms with Crippen LogP contribution in [0.25, 0.3) is 0 Å². The van der Waals surface area contributed by atoms with Crippen LogP contribution in [0.15, 0.2) is 17.2 Å². The zero-order valence-electron chi connectivity index (χ0n) is 7.59. The van der Waals surface area contributed by atoms with Gasteiger partial charge in [-0.25, -0.2) is 4.79 Å². The number of aldehydes is 1. The molecule has 0 fully saturated rings. The van der Waals surface area contributed by atoms with Crippen LogP contribution in [0.5, 0.6) is 0 Å². The van der Waals surface area contributed by atoms with Crippen molar-refractivity contribution in [2.45, 2.75) is 33.1 Å². The number of hydrogen-bond donors (Lipinski definition) is 0. The van der Waals surface area contributed by atoms with Crippen LogP contribution in [0.2, 0.25) is 0 Å². The van der Waals surface area contributed by atoms with Crippen molar-refractivity contribution in [1.29, 1.82) is 0 Å². The van der Waals surface area contributed by atoms with Crippen LogP contribution in [0, 0.1) is 0 Å². The minimum Gasteiger partial charge on any atom is -0.298 e.